The number of piperidine rings is 1. The second kappa shape index (κ2) is 8.70. The maximum atomic E-state index is 13.8. The summed E-state index contributed by atoms with van der Waals surface area (Å²) in [7, 11) is 0. The van der Waals surface area contributed by atoms with Crippen LogP contribution in [0, 0.1) is 0 Å². The smallest absolute Gasteiger partial charge is 0.465 e. The molecule has 6 nitrogen and oxygen atoms in total. The summed E-state index contributed by atoms with van der Waals surface area (Å²) in [5.41, 5.74) is 0.178. The third-order valence-electron chi connectivity index (χ3n) is 5.05. The number of hydrogen-bond acceptors (Lipinski definition) is 3. The van der Waals surface area contributed by atoms with Gasteiger partial charge in [0, 0.05) is 37.1 Å². The number of nitrogens with zero attached hydrogens (tertiary/aromatic N) is 1. The minimum absolute atomic E-state index is 0.0218. The van der Waals surface area contributed by atoms with Crippen molar-refractivity contribution >= 4 is 29.2 Å². The number of allylic oxidation sites excluding steroid dienone is 2. The largest absolute Gasteiger partial charge is 0.524 e. The van der Waals surface area contributed by atoms with Crippen molar-refractivity contribution in [2.24, 2.45) is 0 Å². The number of alkyl halides is 6. The molecule has 1 aromatic rings. The van der Waals surface area contributed by atoms with Crippen LogP contribution in [0.3, 0.4) is 0 Å². The Hall–Kier alpha value is -2.66. The molecule has 1 fully saturated rings. The van der Waals surface area contributed by atoms with E-state index >= 15 is 0 Å². The summed E-state index contributed by atoms with van der Waals surface area (Å²) < 4.78 is 71.0. The van der Waals surface area contributed by atoms with Crippen molar-refractivity contribution in [2.45, 2.75) is 42.6 Å². The maximum absolute atomic E-state index is 13.8. The number of nitrogens with one attached hydrogen (secondary N) is 1. The molecule has 1 aliphatic carbocycles. The predicted molar refractivity (Wildman–Crippen MR) is 104 cm³/mol. The number of carbonyl (C=O) groups is 2. The Bertz CT molecular complexity index is 951. The molecule has 32 heavy (non-hydrogen) atoms. The molecule has 0 bridgehead atoms. The molecule has 0 spiro atoms. The highest BCUT2D eigenvalue weighted by Crippen LogP contribution is 2.45. The normalized spacial score (nSPS) is 25.6. The minimum Gasteiger partial charge on any atom is -0.465 e. The van der Waals surface area contributed by atoms with E-state index in [-0.39, 0.29) is 11.3 Å². The van der Waals surface area contributed by atoms with Gasteiger partial charge < -0.3 is 10.4 Å². The number of carboxylic acid groups (broad SMARTS) is 1. The lowest BCUT2D eigenvalue weighted by atomic mass is 9.91. The fourth-order valence-corrected chi connectivity index (χ4v) is 4.04. The highest BCUT2D eigenvalue weighted by Gasteiger charge is 2.48. The number of halogens is 6. The van der Waals surface area contributed by atoms with E-state index in [1.807, 2.05) is 0 Å². The number of ether oxygens (including phenoxy) is 1. The Labute approximate surface area is 184 Å². The fourth-order valence-electron chi connectivity index (χ4n) is 3.64. The van der Waals surface area contributed by atoms with Crippen LogP contribution in [0.4, 0.5) is 26.7 Å². The average Bonchev–Trinajstić information content (AvgIpc) is 2.66. The lowest BCUT2D eigenvalue weighted by molar-refractivity contribution is -0.342. The Morgan fingerprint density at radius 3 is 2.44 bits per heavy atom. The van der Waals surface area contributed by atoms with E-state index < -0.39 is 61.2 Å². The van der Waals surface area contributed by atoms with Crippen molar-refractivity contribution in [1.29, 1.82) is 0 Å². The van der Waals surface area contributed by atoms with Crippen molar-refractivity contribution in [1.82, 2.24) is 10.2 Å². The van der Waals surface area contributed by atoms with Crippen LogP contribution in [0.15, 0.2) is 48.2 Å². The van der Waals surface area contributed by atoms with Gasteiger partial charge in [0.25, 0.3) is 5.92 Å². The Balaban J connectivity index is 1.88. The molecular weight excluding hydrogens is 463 g/mol. The third-order valence-corrected chi connectivity index (χ3v) is 5.47. The first-order valence-electron chi connectivity index (χ1n) is 9.40. The molecule has 0 saturated carbocycles. The van der Waals surface area contributed by atoms with Crippen LogP contribution >= 0.6 is 11.6 Å². The zero-order valence-electron chi connectivity index (χ0n) is 16.3. The molecule has 2 amide bonds. The van der Waals surface area contributed by atoms with Gasteiger partial charge in [0.15, 0.2) is 5.06 Å². The van der Waals surface area contributed by atoms with Crippen LogP contribution in [0.2, 0.25) is 0 Å². The van der Waals surface area contributed by atoms with Crippen LogP contribution in [-0.4, -0.2) is 51.9 Å². The minimum atomic E-state index is -5.12. The lowest BCUT2D eigenvalue weighted by Crippen LogP contribution is -2.56. The molecule has 12 heteroatoms. The quantitative estimate of drug-likeness (QED) is 0.483. The van der Waals surface area contributed by atoms with E-state index in [0.29, 0.717) is 10.5 Å². The average molecular weight is 481 g/mol. The SMILES string of the molecule is O=C(NC1=CC=C(c2ccccc2)C(Cl)(OC(F)(F)F)C1)[C@H]1CC(F)(F)CCN1C(=O)O. The van der Waals surface area contributed by atoms with Crippen LogP contribution in [0.25, 0.3) is 5.57 Å². The molecule has 2 N–H and O–H groups in total. The van der Waals surface area contributed by atoms with Crippen LogP contribution < -0.4 is 5.32 Å². The van der Waals surface area contributed by atoms with E-state index in [9.17, 15) is 36.6 Å². The molecule has 0 radical (unpaired) electrons. The van der Waals surface area contributed by atoms with E-state index in [1.165, 1.54) is 24.3 Å². The van der Waals surface area contributed by atoms with Gasteiger partial charge in [0.1, 0.15) is 6.04 Å². The lowest BCUT2D eigenvalue weighted by Gasteiger charge is -2.38. The molecular formula is C20H18ClF5N2O4. The van der Waals surface area contributed by atoms with Gasteiger partial charge >= 0.3 is 12.5 Å². The number of hydrogen-bond donors (Lipinski definition) is 2. The molecule has 1 unspecified atom stereocenters. The van der Waals surface area contributed by atoms with Gasteiger partial charge in [0.05, 0.1) is 0 Å². The first kappa shape index (κ1) is 24.0. The zero-order chi connectivity index (χ0) is 23.7. The van der Waals surface area contributed by atoms with E-state index in [1.54, 1.807) is 18.2 Å². The molecule has 1 saturated heterocycles. The number of likely N-dealkylation sites (tertiary alicyclic amines) is 1. The van der Waals surface area contributed by atoms with Gasteiger partial charge in [0.2, 0.25) is 5.91 Å². The standard InChI is InChI=1S/C20H18ClF5N2O4/c21-19(32-20(24,25)26)10-13(6-7-14(19)12-4-2-1-3-5-12)27-16(29)15-11-18(22,23)8-9-28(15)17(30)31/h1-7,15H,8-11H2,(H,27,29)(H,30,31)/t15-,19?/m1/s1. The number of amides is 2. The number of benzene rings is 1. The van der Waals surface area contributed by atoms with Crippen molar-refractivity contribution in [3.8, 4) is 0 Å². The van der Waals surface area contributed by atoms with Crippen molar-refractivity contribution in [3.63, 3.8) is 0 Å². The molecule has 2 aliphatic rings. The highest BCUT2D eigenvalue weighted by molar-refractivity contribution is 6.29. The summed E-state index contributed by atoms with van der Waals surface area (Å²) in [5.74, 6) is -4.36. The Kier molecular flexibility index (Phi) is 6.52. The Morgan fingerprint density at radius 1 is 1.19 bits per heavy atom. The maximum Gasteiger partial charge on any atom is 0.524 e. The molecule has 1 aliphatic heterocycles. The Morgan fingerprint density at radius 2 is 1.84 bits per heavy atom. The second-order valence-corrected chi connectivity index (χ2v) is 7.99. The first-order chi connectivity index (χ1) is 14.8. The van der Waals surface area contributed by atoms with Crippen molar-refractivity contribution in [2.75, 3.05) is 6.54 Å². The summed E-state index contributed by atoms with van der Waals surface area (Å²) in [6.45, 7) is -0.561. The van der Waals surface area contributed by atoms with Crippen LogP contribution in [0.1, 0.15) is 24.8 Å². The summed E-state index contributed by atoms with van der Waals surface area (Å²) in [4.78, 5) is 24.5. The van der Waals surface area contributed by atoms with Gasteiger partial charge in [-0.3, -0.25) is 14.4 Å². The van der Waals surface area contributed by atoms with Gasteiger partial charge in [-0.15, -0.1) is 13.2 Å². The number of carbonyl (C=O) groups excluding carboxylic acids is 1. The van der Waals surface area contributed by atoms with Crippen molar-refractivity contribution in [3.05, 3.63) is 53.7 Å². The molecule has 1 heterocycles. The zero-order valence-corrected chi connectivity index (χ0v) is 17.1. The van der Waals surface area contributed by atoms with E-state index in [4.69, 9.17) is 11.6 Å². The van der Waals surface area contributed by atoms with E-state index in [2.05, 4.69) is 10.1 Å². The summed E-state index contributed by atoms with van der Waals surface area (Å²) >= 11 is 6.22. The first-order valence-corrected chi connectivity index (χ1v) is 9.78. The predicted octanol–water partition coefficient (Wildman–Crippen LogP) is 4.72. The molecule has 174 valence electrons. The van der Waals surface area contributed by atoms with Crippen LogP contribution in [0.5, 0.6) is 0 Å². The topological polar surface area (TPSA) is 78.9 Å². The van der Waals surface area contributed by atoms with Crippen LogP contribution in [-0.2, 0) is 9.53 Å². The third kappa shape index (κ3) is 5.57. The summed E-state index contributed by atoms with van der Waals surface area (Å²) in [6.07, 6.45) is -6.63. The fraction of sp³-hybridized carbons (Fsp3) is 0.400. The van der Waals surface area contributed by atoms with Gasteiger partial charge in [-0.05, 0) is 11.6 Å². The van der Waals surface area contributed by atoms with Gasteiger partial charge in [-0.2, -0.15) is 0 Å². The highest BCUT2D eigenvalue weighted by atomic mass is 35.5. The van der Waals surface area contributed by atoms with Gasteiger partial charge in [-0.1, -0.05) is 48.0 Å². The van der Waals surface area contributed by atoms with Gasteiger partial charge in [-0.25, -0.2) is 13.6 Å². The molecule has 1 aromatic carbocycles. The molecule has 2 atom stereocenters. The summed E-state index contributed by atoms with van der Waals surface area (Å²) in [6, 6.07) is 6.16. The second-order valence-electron chi connectivity index (χ2n) is 7.38. The number of rotatable bonds is 4. The molecule has 3 rings (SSSR count). The summed E-state index contributed by atoms with van der Waals surface area (Å²) in [5, 5.41) is 9.00. The molecule has 0 aromatic heterocycles. The van der Waals surface area contributed by atoms with Crippen molar-refractivity contribution < 1.29 is 41.4 Å². The monoisotopic (exact) mass is 480 g/mol. The van der Waals surface area contributed by atoms with E-state index in [0.717, 1.165) is 0 Å².